The highest BCUT2D eigenvalue weighted by atomic mass is 32.2. The summed E-state index contributed by atoms with van der Waals surface area (Å²) in [5.41, 5.74) is 6.34. The molecule has 0 bridgehead atoms. The van der Waals surface area contributed by atoms with E-state index in [4.69, 9.17) is 5.73 Å². The summed E-state index contributed by atoms with van der Waals surface area (Å²) in [6.45, 7) is 6.04. The van der Waals surface area contributed by atoms with Gasteiger partial charge in [0.05, 0.1) is 4.90 Å². The maximum absolute atomic E-state index is 13.0. The van der Waals surface area contributed by atoms with Gasteiger partial charge in [0, 0.05) is 37.6 Å². The molecule has 1 unspecified atom stereocenters. The maximum atomic E-state index is 13.0. The summed E-state index contributed by atoms with van der Waals surface area (Å²) in [6.07, 6.45) is 1.25. The van der Waals surface area contributed by atoms with Gasteiger partial charge in [0.25, 0.3) is 0 Å². The quantitative estimate of drug-likeness (QED) is 0.600. The summed E-state index contributed by atoms with van der Waals surface area (Å²) in [6, 6.07) is 8.81. The van der Waals surface area contributed by atoms with E-state index in [0.29, 0.717) is 6.54 Å². The highest BCUT2D eigenvalue weighted by Crippen LogP contribution is 2.26. The number of rotatable bonds is 6. The molecular formula is C21H27N5O4S2. The zero-order valence-electron chi connectivity index (χ0n) is 18.2. The third kappa shape index (κ3) is 5.21. The third-order valence-electron chi connectivity index (χ3n) is 4.92. The smallest absolute Gasteiger partial charge is 0.244 e. The first-order chi connectivity index (χ1) is 15.0. The maximum Gasteiger partial charge on any atom is 0.244 e. The Balaban J connectivity index is 1.83. The summed E-state index contributed by atoms with van der Waals surface area (Å²) in [5, 5.41) is 0. The van der Waals surface area contributed by atoms with Gasteiger partial charge in [0.15, 0.2) is 0 Å². The van der Waals surface area contributed by atoms with Crippen LogP contribution >= 0.6 is 0 Å². The van der Waals surface area contributed by atoms with Gasteiger partial charge in [-0.25, -0.2) is 26.5 Å². The van der Waals surface area contributed by atoms with E-state index in [1.165, 1.54) is 22.6 Å². The fraction of sp³-hybridized carbons (Fsp3) is 0.381. The largest absolute Gasteiger partial charge is 0.384 e. The van der Waals surface area contributed by atoms with Crippen molar-refractivity contribution < 1.29 is 16.8 Å². The highest BCUT2D eigenvalue weighted by Gasteiger charge is 2.34. The Labute approximate surface area is 189 Å². The average Bonchev–Trinajstić information content (AvgIpc) is 2.73. The van der Waals surface area contributed by atoms with E-state index in [0.717, 1.165) is 5.69 Å². The van der Waals surface area contributed by atoms with Gasteiger partial charge in [0.1, 0.15) is 16.8 Å². The van der Waals surface area contributed by atoms with Crippen LogP contribution in [0.3, 0.4) is 0 Å². The van der Waals surface area contributed by atoms with Gasteiger partial charge in [0.2, 0.25) is 20.0 Å². The lowest BCUT2D eigenvalue weighted by Gasteiger charge is -2.39. The molecule has 1 aliphatic heterocycles. The number of nitrogens with zero attached hydrogens (tertiary/aromatic N) is 3. The average molecular weight is 478 g/mol. The second-order valence-electron chi connectivity index (χ2n) is 7.66. The van der Waals surface area contributed by atoms with E-state index in [9.17, 15) is 16.8 Å². The Kier molecular flexibility index (Phi) is 7.09. The fourth-order valence-corrected chi connectivity index (χ4v) is 6.10. The SMILES string of the molecule is CC#CC1CN(S(=O)(=O)c2ccc(N)nc2)CCN1c1ccc(S(=O)(=O)NC(C)C)cc1. The predicted octanol–water partition coefficient (Wildman–Crippen LogP) is 1.25. The first-order valence-electron chi connectivity index (χ1n) is 10.1. The molecule has 9 nitrogen and oxygen atoms in total. The molecule has 0 spiro atoms. The summed E-state index contributed by atoms with van der Waals surface area (Å²) in [4.78, 5) is 6.12. The molecule has 3 rings (SSSR count). The van der Waals surface area contributed by atoms with Crippen molar-refractivity contribution in [1.29, 1.82) is 0 Å². The highest BCUT2D eigenvalue weighted by molar-refractivity contribution is 7.89. The molecule has 1 aromatic carbocycles. The number of sulfonamides is 2. The van der Waals surface area contributed by atoms with Gasteiger partial charge in [-0.05, 0) is 57.2 Å². The number of aromatic nitrogens is 1. The van der Waals surface area contributed by atoms with Crippen LogP contribution in [0.4, 0.5) is 11.5 Å². The Morgan fingerprint density at radius 1 is 1.06 bits per heavy atom. The van der Waals surface area contributed by atoms with Crippen LogP contribution in [0.1, 0.15) is 20.8 Å². The molecule has 2 heterocycles. The van der Waals surface area contributed by atoms with Gasteiger partial charge in [-0.1, -0.05) is 5.92 Å². The summed E-state index contributed by atoms with van der Waals surface area (Å²) in [5.74, 6) is 6.18. The van der Waals surface area contributed by atoms with E-state index in [1.807, 2.05) is 4.90 Å². The van der Waals surface area contributed by atoms with Gasteiger partial charge in [-0.15, -0.1) is 5.92 Å². The number of anilines is 2. The van der Waals surface area contributed by atoms with Crippen LogP contribution < -0.4 is 15.4 Å². The van der Waals surface area contributed by atoms with Crippen molar-refractivity contribution in [2.75, 3.05) is 30.3 Å². The molecular weight excluding hydrogens is 450 g/mol. The van der Waals surface area contributed by atoms with Crippen molar-refractivity contribution in [3.05, 3.63) is 42.6 Å². The molecule has 0 aliphatic carbocycles. The fourth-order valence-electron chi connectivity index (χ4n) is 3.46. The van der Waals surface area contributed by atoms with Crippen molar-refractivity contribution >= 4 is 31.6 Å². The lowest BCUT2D eigenvalue weighted by molar-refractivity contribution is 0.360. The number of piperazine rings is 1. The molecule has 1 aromatic heterocycles. The second kappa shape index (κ2) is 9.46. The van der Waals surface area contributed by atoms with Gasteiger partial charge in [-0.3, -0.25) is 0 Å². The standard InChI is InChI=1S/C21H27N5O4S2/c1-4-5-18-15-25(32(29,30)20-10-11-21(22)23-14-20)12-13-26(18)17-6-8-19(9-7-17)31(27,28)24-16(2)3/h6-11,14,16,18,24H,12-13,15H2,1-3H3,(H2,22,23). The lowest BCUT2D eigenvalue weighted by Crippen LogP contribution is -2.54. The zero-order valence-corrected chi connectivity index (χ0v) is 19.8. The monoisotopic (exact) mass is 477 g/mol. The minimum atomic E-state index is -3.74. The molecule has 0 radical (unpaired) electrons. The molecule has 1 saturated heterocycles. The Morgan fingerprint density at radius 2 is 1.72 bits per heavy atom. The molecule has 3 N–H and O–H groups in total. The first kappa shape index (κ1) is 24.0. The topological polar surface area (TPSA) is 126 Å². The first-order valence-corrected chi connectivity index (χ1v) is 13.0. The van der Waals surface area contributed by atoms with Crippen molar-refractivity contribution in [2.24, 2.45) is 0 Å². The molecule has 1 aliphatic rings. The van der Waals surface area contributed by atoms with Gasteiger partial charge >= 0.3 is 0 Å². The van der Waals surface area contributed by atoms with Crippen LogP contribution in [-0.4, -0.2) is 57.8 Å². The van der Waals surface area contributed by atoms with E-state index < -0.39 is 20.0 Å². The molecule has 2 aromatic rings. The minimum Gasteiger partial charge on any atom is -0.384 e. The van der Waals surface area contributed by atoms with Crippen LogP contribution in [0.25, 0.3) is 0 Å². The molecule has 0 saturated carbocycles. The molecule has 32 heavy (non-hydrogen) atoms. The van der Waals surface area contributed by atoms with Gasteiger partial charge < -0.3 is 10.6 Å². The molecule has 1 fully saturated rings. The Hall–Kier alpha value is -2.65. The van der Waals surface area contributed by atoms with Crippen molar-refractivity contribution in [2.45, 2.75) is 42.6 Å². The lowest BCUT2D eigenvalue weighted by atomic mass is 10.1. The third-order valence-corrected chi connectivity index (χ3v) is 8.44. The number of pyridine rings is 1. The summed E-state index contributed by atoms with van der Waals surface area (Å²) >= 11 is 0. The molecule has 172 valence electrons. The second-order valence-corrected chi connectivity index (χ2v) is 11.3. The number of hydrogen-bond donors (Lipinski definition) is 2. The summed E-state index contributed by atoms with van der Waals surface area (Å²) in [7, 11) is -7.33. The van der Waals surface area contributed by atoms with E-state index >= 15 is 0 Å². The Bertz CT molecular complexity index is 1220. The molecule has 1 atom stereocenters. The molecule has 11 heteroatoms. The Morgan fingerprint density at radius 3 is 2.28 bits per heavy atom. The van der Waals surface area contributed by atoms with Crippen LogP contribution in [0.5, 0.6) is 0 Å². The van der Waals surface area contributed by atoms with Gasteiger partial charge in [-0.2, -0.15) is 4.31 Å². The molecule has 0 amide bonds. The normalized spacial score (nSPS) is 17.8. The van der Waals surface area contributed by atoms with E-state index in [1.54, 1.807) is 45.0 Å². The number of benzene rings is 1. The van der Waals surface area contributed by atoms with Crippen LogP contribution in [0, 0.1) is 11.8 Å². The van der Waals surface area contributed by atoms with E-state index in [-0.39, 0.29) is 40.8 Å². The minimum absolute atomic E-state index is 0.0792. The number of nitrogen functional groups attached to an aromatic ring is 1. The predicted molar refractivity (Wildman–Crippen MR) is 124 cm³/mol. The van der Waals surface area contributed by atoms with Crippen molar-refractivity contribution in [1.82, 2.24) is 14.0 Å². The van der Waals surface area contributed by atoms with Crippen molar-refractivity contribution in [3.63, 3.8) is 0 Å². The summed E-state index contributed by atoms with van der Waals surface area (Å²) < 4.78 is 54.8. The van der Waals surface area contributed by atoms with E-state index in [2.05, 4.69) is 21.5 Å². The van der Waals surface area contributed by atoms with Crippen LogP contribution in [0.15, 0.2) is 52.4 Å². The van der Waals surface area contributed by atoms with Crippen molar-refractivity contribution in [3.8, 4) is 11.8 Å². The number of nitrogens with two attached hydrogens (primary N) is 1. The zero-order chi connectivity index (χ0) is 23.5. The number of hydrogen-bond acceptors (Lipinski definition) is 7. The van der Waals surface area contributed by atoms with Crippen LogP contribution in [-0.2, 0) is 20.0 Å². The van der Waals surface area contributed by atoms with Crippen LogP contribution in [0.2, 0.25) is 0 Å². The number of nitrogens with one attached hydrogen (secondary N) is 1.